The normalized spacial score (nSPS) is 15.3. The van der Waals surface area contributed by atoms with Crippen molar-refractivity contribution in [1.29, 1.82) is 0 Å². The number of halogens is 2. The van der Waals surface area contributed by atoms with Gasteiger partial charge in [-0.2, -0.15) is 0 Å². The quantitative estimate of drug-likeness (QED) is 0.195. The Kier molecular flexibility index (Phi) is 8.14. The Labute approximate surface area is 250 Å². The summed E-state index contributed by atoms with van der Waals surface area (Å²) in [6, 6.07) is 13.7. The van der Waals surface area contributed by atoms with Crippen LogP contribution in [0.15, 0.2) is 74.5 Å². The third-order valence-corrected chi connectivity index (χ3v) is 8.95. The third kappa shape index (κ3) is 5.46. The van der Waals surface area contributed by atoms with E-state index < -0.39 is 17.8 Å². The number of carbonyl (C=O) groups excluding carboxylic acids is 1. The maximum atomic E-state index is 14.0. The van der Waals surface area contributed by atoms with Crippen molar-refractivity contribution in [2.75, 3.05) is 6.26 Å². The number of ether oxygens (including phenoxy) is 1. The van der Waals surface area contributed by atoms with Gasteiger partial charge < -0.3 is 9.30 Å². The molecule has 0 unspecified atom stereocenters. The van der Waals surface area contributed by atoms with Crippen LogP contribution in [-0.4, -0.2) is 27.5 Å². The fourth-order valence-electron chi connectivity index (χ4n) is 5.06. The summed E-state index contributed by atoms with van der Waals surface area (Å²) < 4.78 is 23.4. The Morgan fingerprint density at radius 2 is 1.85 bits per heavy atom. The molecule has 0 bridgehead atoms. The lowest BCUT2D eigenvalue weighted by atomic mass is 9.96. The van der Waals surface area contributed by atoms with E-state index in [0.29, 0.717) is 20.6 Å². The van der Waals surface area contributed by atoms with Gasteiger partial charge in [-0.15, -0.1) is 11.8 Å². The lowest BCUT2D eigenvalue weighted by molar-refractivity contribution is -0.143. The molecule has 0 fully saturated rings. The number of thiazole rings is 1. The van der Waals surface area contributed by atoms with E-state index in [1.807, 2.05) is 61.1 Å². The van der Waals surface area contributed by atoms with Gasteiger partial charge in [-0.25, -0.2) is 14.2 Å². The second-order valence-corrected chi connectivity index (χ2v) is 12.4. The zero-order chi connectivity index (χ0) is 29.6. The van der Waals surface area contributed by atoms with Crippen LogP contribution in [0.2, 0.25) is 5.02 Å². The molecule has 0 radical (unpaired) electrons. The average molecular weight is 610 g/mol. The topological polar surface area (TPSA) is 65.6 Å². The summed E-state index contributed by atoms with van der Waals surface area (Å²) in [4.78, 5) is 33.6. The van der Waals surface area contributed by atoms with Crippen molar-refractivity contribution in [2.45, 2.75) is 51.7 Å². The minimum Gasteiger partial charge on any atom is -0.459 e. The largest absolute Gasteiger partial charge is 0.459 e. The number of fused-ring (bicyclic) bond motifs is 1. The first-order chi connectivity index (χ1) is 19.5. The molecule has 1 atom stereocenters. The van der Waals surface area contributed by atoms with Gasteiger partial charge in [0.15, 0.2) is 4.80 Å². The summed E-state index contributed by atoms with van der Waals surface area (Å²) in [5.41, 5.74) is 4.77. The highest BCUT2D eigenvalue weighted by atomic mass is 35.5. The van der Waals surface area contributed by atoms with E-state index in [2.05, 4.69) is 4.99 Å². The minimum absolute atomic E-state index is 0.0394. The van der Waals surface area contributed by atoms with Crippen LogP contribution in [0.5, 0.6) is 0 Å². The van der Waals surface area contributed by atoms with E-state index in [0.717, 1.165) is 33.1 Å². The van der Waals surface area contributed by atoms with Gasteiger partial charge >= 0.3 is 5.97 Å². The van der Waals surface area contributed by atoms with E-state index in [4.69, 9.17) is 16.3 Å². The highest BCUT2D eigenvalue weighted by Gasteiger charge is 2.33. The van der Waals surface area contributed by atoms with Gasteiger partial charge in [0, 0.05) is 22.0 Å². The predicted molar refractivity (Wildman–Crippen MR) is 163 cm³/mol. The Balaban J connectivity index is 1.68. The second kappa shape index (κ2) is 11.5. The lowest BCUT2D eigenvalue weighted by Crippen LogP contribution is -2.40. The van der Waals surface area contributed by atoms with Gasteiger partial charge in [0.05, 0.1) is 33.0 Å². The summed E-state index contributed by atoms with van der Waals surface area (Å²) in [7, 11) is 0. The summed E-state index contributed by atoms with van der Waals surface area (Å²) in [6.45, 7) is 9.24. The number of aromatic nitrogens is 2. The van der Waals surface area contributed by atoms with Gasteiger partial charge in [-0.3, -0.25) is 9.36 Å². The van der Waals surface area contributed by atoms with Crippen molar-refractivity contribution in [3.8, 4) is 5.69 Å². The van der Waals surface area contributed by atoms with E-state index in [9.17, 15) is 14.0 Å². The summed E-state index contributed by atoms with van der Waals surface area (Å²) in [5.74, 6) is -0.972. The molecule has 1 aliphatic rings. The first-order valence-corrected chi connectivity index (χ1v) is 15.4. The highest BCUT2D eigenvalue weighted by Crippen LogP contribution is 2.32. The number of rotatable bonds is 6. The molecule has 0 spiro atoms. The molecule has 41 heavy (non-hydrogen) atoms. The number of aryl methyl sites for hydroxylation is 1. The standard InChI is InChI=1S/C31H29ClFN3O3S2/c1-16(2)39-30(38)27-18(4)34-31-36(28(27)20-7-10-23(40-6)11-8-20)29(37)26(41-31)14-21-13-17(3)35(19(21)5)22-9-12-25(33)24(32)15-22/h7-16,28H,1-6H3/b26-14+/t28-/m1/s1. The number of nitrogens with zero attached hydrogens (tertiary/aromatic N) is 3. The number of hydrogen-bond donors (Lipinski definition) is 0. The predicted octanol–water partition coefficient (Wildman–Crippen LogP) is 6.11. The molecule has 5 rings (SSSR count). The number of benzene rings is 2. The Morgan fingerprint density at radius 1 is 1.15 bits per heavy atom. The van der Waals surface area contributed by atoms with E-state index in [-0.39, 0.29) is 16.7 Å². The molecule has 0 aliphatic carbocycles. The number of thioether (sulfide) groups is 1. The maximum Gasteiger partial charge on any atom is 0.338 e. The Hall–Kier alpha value is -3.40. The van der Waals surface area contributed by atoms with Crippen LogP contribution in [-0.2, 0) is 9.53 Å². The molecule has 2 aromatic heterocycles. The molecule has 1 aliphatic heterocycles. The zero-order valence-corrected chi connectivity index (χ0v) is 25.9. The zero-order valence-electron chi connectivity index (χ0n) is 23.5. The van der Waals surface area contributed by atoms with Crippen LogP contribution < -0.4 is 14.9 Å². The maximum absolute atomic E-state index is 14.0. The van der Waals surface area contributed by atoms with Crippen LogP contribution in [0.25, 0.3) is 11.8 Å². The lowest BCUT2D eigenvalue weighted by Gasteiger charge is -2.25. The van der Waals surface area contributed by atoms with Gasteiger partial charge in [0.25, 0.3) is 5.56 Å². The highest BCUT2D eigenvalue weighted by molar-refractivity contribution is 7.98. The van der Waals surface area contributed by atoms with Crippen LogP contribution in [0.4, 0.5) is 4.39 Å². The number of esters is 1. The fourth-order valence-corrected chi connectivity index (χ4v) is 6.68. The molecule has 10 heteroatoms. The van der Waals surface area contributed by atoms with E-state index in [1.165, 1.54) is 17.4 Å². The van der Waals surface area contributed by atoms with Crippen LogP contribution >= 0.6 is 34.7 Å². The molecule has 6 nitrogen and oxygen atoms in total. The van der Waals surface area contributed by atoms with Gasteiger partial charge in [0.1, 0.15) is 5.82 Å². The summed E-state index contributed by atoms with van der Waals surface area (Å²) in [6.07, 6.45) is 3.51. The number of carbonyl (C=O) groups is 1. The number of allylic oxidation sites excluding steroid dienone is 1. The summed E-state index contributed by atoms with van der Waals surface area (Å²) in [5, 5.41) is 0.0394. The fraction of sp³-hybridized carbons (Fsp3) is 0.258. The molecular weight excluding hydrogens is 581 g/mol. The van der Waals surface area contributed by atoms with Crippen molar-refractivity contribution in [3.05, 3.63) is 113 Å². The number of hydrogen-bond acceptors (Lipinski definition) is 6. The molecule has 212 valence electrons. The molecule has 0 saturated heterocycles. The average Bonchev–Trinajstić information content (AvgIpc) is 3.38. The van der Waals surface area contributed by atoms with Gasteiger partial charge in [-0.1, -0.05) is 35.1 Å². The van der Waals surface area contributed by atoms with E-state index >= 15 is 0 Å². The van der Waals surface area contributed by atoms with Crippen molar-refractivity contribution < 1.29 is 13.9 Å². The molecule has 3 heterocycles. The van der Waals surface area contributed by atoms with Crippen molar-refractivity contribution in [2.24, 2.45) is 4.99 Å². The van der Waals surface area contributed by atoms with Crippen molar-refractivity contribution in [3.63, 3.8) is 0 Å². The monoisotopic (exact) mass is 609 g/mol. The van der Waals surface area contributed by atoms with Gasteiger partial charge in [-0.05, 0) is 94.5 Å². The Morgan fingerprint density at radius 3 is 2.49 bits per heavy atom. The second-order valence-electron chi connectivity index (χ2n) is 10.1. The molecule has 2 aromatic carbocycles. The molecule has 0 N–H and O–H groups in total. The van der Waals surface area contributed by atoms with Crippen LogP contribution in [0.1, 0.15) is 49.3 Å². The smallest absolute Gasteiger partial charge is 0.338 e. The molecular formula is C31H29ClFN3O3S2. The van der Waals surface area contributed by atoms with Crippen LogP contribution in [0, 0.1) is 19.7 Å². The molecule has 0 saturated carbocycles. The molecule has 4 aromatic rings. The Bertz CT molecular complexity index is 1880. The summed E-state index contributed by atoms with van der Waals surface area (Å²) >= 11 is 8.94. The third-order valence-electron chi connectivity index (χ3n) is 6.93. The molecule has 0 amide bonds. The van der Waals surface area contributed by atoms with Crippen LogP contribution in [0.3, 0.4) is 0 Å². The SMILES string of the molecule is CSc1ccc([C@@H]2C(C(=O)OC(C)C)=C(C)N=c3s/c(=C/c4cc(C)n(-c5ccc(F)c(Cl)c5)c4C)c(=O)n32)cc1. The van der Waals surface area contributed by atoms with Crippen molar-refractivity contribution >= 4 is 46.7 Å². The van der Waals surface area contributed by atoms with E-state index in [1.54, 1.807) is 49.2 Å². The van der Waals surface area contributed by atoms with Gasteiger partial charge in [0.2, 0.25) is 0 Å². The first-order valence-electron chi connectivity index (χ1n) is 13.0. The van der Waals surface area contributed by atoms with Crippen molar-refractivity contribution in [1.82, 2.24) is 9.13 Å². The first kappa shape index (κ1) is 29.1. The minimum atomic E-state index is -0.677.